The number of nitrogens with one attached hydrogen (secondary N) is 1. The second-order valence-corrected chi connectivity index (χ2v) is 6.68. The molecule has 3 atom stereocenters. The number of benzene rings is 1. The first-order valence-electron chi connectivity index (χ1n) is 7.92. The van der Waals surface area contributed by atoms with Gasteiger partial charge in [0.25, 0.3) is 0 Å². The van der Waals surface area contributed by atoms with Gasteiger partial charge >= 0.3 is 11.9 Å². The van der Waals surface area contributed by atoms with Crippen LogP contribution in [0.3, 0.4) is 0 Å². The third kappa shape index (κ3) is 3.48. The van der Waals surface area contributed by atoms with E-state index in [0.29, 0.717) is 17.0 Å². The third-order valence-corrected chi connectivity index (χ3v) is 5.02. The number of carboxylic acid groups (broad SMARTS) is 2. The van der Waals surface area contributed by atoms with Crippen molar-refractivity contribution in [1.82, 2.24) is 4.98 Å². The van der Waals surface area contributed by atoms with Crippen LogP contribution in [0.5, 0.6) is 0 Å². The Kier molecular flexibility index (Phi) is 4.82. The molecule has 1 aromatic heterocycles. The molecule has 1 saturated carbocycles. The number of pyridine rings is 1. The van der Waals surface area contributed by atoms with Gasteiger partial charge in [-0.15, -0.1) is 0 Å². The van der Waals surface area contributed by atoms with Crippen LogP contribution in [-0.2, 0) is 4.79 Å². The van der Waals surface area contributed by atoms with Gasteiger partial charge in [0.05, 0.1) is 23.8 Å². The Hall–Kier alpha value is -2.67. The van der Waals surface area contributed by atoms with Crippen molar-refractivity contribution in [2.24, 2.45) is 11.8 Å². The molecule has 3 unspecified atom stereocenters. The molecule has 1 aliphatic carbocycles. The minimum Gasteiger partial charge on any atom is -0.481 e. The maximum absolute atomic E-state index is 13.9. The number of carboxylic acids is 2. The lowest BCUT2D eigenvalue weighted by molar-refractivity contribution is -0.138. The first-order valence-corrected chi connectivity index (χ1v) is 8.30. The standard InChI is InChI=1S/C18H16ClFN2O4/c1-8-3-2-4-10(14(8)19)15(11-6-12(11)17(23)24)22-9-5-13(20)16(18(25)26)21-7-9/h2-5,7,11-12,15,22H,6H2,1H3,(H,23,24)(H,25,26). The summed E-state index contributed by atoms with van der Waals surface area (Å²) in [7, 11) is 0. The average molecular weight is 379 g/mol. The Morgan fingerprint density at radius 1 is 1.38 bits per heavy atom. The fourth-order valence-electron chi connectivity index (χ4n) is 3.05. The second-order valence-electron chi connectivity index (χ2n) is 6.30. The quantitative estimate of drug-likeness (QED) is 0.707. The fraction of sp³-hybridized carbons (Fsp3) is 0.278. The van der Waals surface area contributed by atoms with E-state index in [2.05, 4.69) is 10.3 Å². The highest BCUT2D eigenvalue weighted by Crippen LogP contribution is 2.50. The number of rotatable bonds is 6. The van der Waals surface area contributed by atoms with E-state index in [9.17, 15) is 19.1 Å². The van der Waals surface area contributed by atoms with Gasteiger partial charge in [-0.1, -0.05) is 29.8 Å². The van der Waals surface area contributed by atoms with Crippen molar-refractivity contribution in [3.8, 4) is 0 Å². The zero-order chi connectivity index (χ0) is 19.0. The van der Waals surface area contributed by atoms with E-state index < -0.39 is 35.4 Å². The number of aliphatic carboxylic acids is 1. The Balaban J connectivity index is 1.95. The molecule has 1 aromatic carbocycles. The van der Waals surface area contributed by atoms with Crippen LogP contribution in [-0.4, -0.2) is 27.1 Å². The zero-order valence-electron chi connectivity index (χ0n) is 13.7. The summed E-state index contributed by atoms with van der Waals surface area (Å²) in [6.45, 7) is 1.84. The lowest BCUT2D eigenvalue weighted by Gasteiger charge is -2.22. The second kappa shape index (κ2) is 6.92. The van der Waals surface area contributed by atoms with Crippen LogP contribution >= 0.6 is 11.6 Å². The number of carbonyl (C=O) groups is 2. The molecule has 6 nitrogen and oxygen atoms in total. The predicted octanol–water partition coefficient (Wildman–Crippen LogP) is 3.75. The minimum atomic E-state index is -1.46. The highest BCUT2D eigenvalue weighted by Gasteiger charge is 2.49. The molecule has 0 aliphatic heterocycles. The van der Waals surface area contributed by atoms with Crippen LogP contribution in [0.1, 0.15) is 34.1 Å². The van der Waals surface area contributed by atoms with Crippen LogP contribution < -0.4 is 5.32 Å². The lowest BCUT2D eigenvalue weighted by atomic mass is 9.98. The molecule has 2 aromatic rings. The van der Waals surface area contributed by atoms with Crippen LogP contribution in [0.4, 0.5) is 10.1 Å². The van der Waals surface area contributed by atoms with Crippen LogP contribution in [0.15, 0.2) is 30.5 Å². The summed E-state index contributed by atoms with van der Waals surface area (Å²) >= 11 is 6.40. The molecule has 3 rings (SSSR count). The van der Waals surface area contributed by atoms with Crippen molar-refractivity contribution in [3.63, 3.8) is 0 Å². The Labute approximate surface area is 153 Å². The van der Waals surface area contributed by atoms with E-state index in [4.69, 9.17) is 16.7 Å². The first kappa shape index (κ1) is 18.1. The molecule has 8 heteroatoms. The molecule has 0 spiro atoms. The summed E-state index contributed by atoms with van der Waals surface area (Å²) in [5.74, 6) is -4.05. The summed E-state index contributed by atoms with van der Waals surface area (Å²) < 4.78 is 13.9. The van der Waals surface area contributed by atoms with E-state index in [0.717, 1.165) is 11.6 Å². The molecular formula is C18H16ClFN2O4. The molecule has 1 aliphatic rings. The van der Waals surface area contributed by atoms with Gasteiger partial charge in [-0.2, -0.15) is 0 Å². The SMILES string of the molecule is Cc1cccc(C(Nc2cnc(C(=O)O)c(F)c2)C2CC2C(=O)O)c1Cl. The van der Waals surface area contributed by atoms with E-state index in [1.807, 2.05) is 19.1 Å². The van der Waals surface area contributed by atoms with Crippen molar-refractivity contribution < 1.29 is 24.2 Å². The normalized spacial score (nSPS) is 19.7. The van der Waals surface area contributed by atoms with Gasteiger partial charge in [-0.05, 0) is 30.4 Å². The van der Waals surface area contributed by atoms with Gasteiger partial charge < -0.3 is 15.5 Å². The van der Waals surface area contributed by atoms with Crippen molar-refractivity contribution in [2.75, 3.05) is 5.32 Å². The smallest absolute Gasteiger partial charge is 0.357 e. The number of halogens is 2. The largest absolute Gasteiger partial charge is 0.481 e. The molecule has 1 fully saturated rings. The molecule has 3 N–H and O–H groups in total. The van der Waals surface area contributed by atoms with Gasteiger partial charge in [0, 0.05) is 11.1 Å². The molecule has 0 bridgehead atoms. The summed E-state index contributed by atoms with van der Waals surface area (Å²) in [5, 5.41) is 21.7. The van der Waals surface area contributed by atoms with Gasteiger partial charge in [0.15, 0.2) is 11.5 Å². The highest BCUT2D eigenvalue weighted by molar-refractivity contribution is 6.32. The molecule has 1 heterocycles. The van der Waals surface area contributed by atoms with E-state index in [1.165, 1.54) is 6.20 Å². The summed E-state index contributed by atoms with van der Waals surface area (Å²) in [5.41, 5.74) is 1.14. The average Bonchev–Trinajstić information content (AvgIpc) is 3.36. The molecule has 26 heavy (non-hydrogen) atoms. The van der Waals surface area contributed by atoms with Gasteiger partial charge in [-0.25, -0.2) is 14.2 Å². The maximum Gasteiger partial charge on any atom is 0.357 e. The molecular weight excluding hydrogens is 363 g/mol. The summed E-state index contributed by atoms with van der Waals surface area (Å²) in [6.07, 6.45) is 1.68. The number of aryl methyl sites for hydroxylation is 1. The van der Waals surface area contributed by atoms with Crippen molar-refractivity contribution in [3.05, 3.63) is 58.1 Å². The lowest BCUT2D eigenvalue weighted by Crippen LogP contribution is -2.17. The monoisotopic (exact) mass is 378 g/mol. The third-order valence-electron chi connectivity index (χ3n) is 4.51. The minimum absolute atomic E-state index is 0.214. The number of aromatic nitrogens is 1. The Morgan fingerprint density at radius 3 is 2.69 bits per heavy atom. The van der Waals surface area contributed by atoms with Crippen molar-refractivity contribution >= 4 is 29.2 Å². The van der Waals surface area contributed by atoms with Crippen LogP contribution in [0.25, 0.3) is 0 Å². The number of aromatic carboxylic acids is 1. The topological polar surface area (TPSA) is 99.5 Å². The molecule has 0 amide bonds. The predicted molar refractivity (Wildman–Crippen MR) is 92.9 cm³/mol. The van der Waals surface area contributed by atoms with Gasteiger partial charge in [0.1, 0.15) is 0 Å². The fourth-order valence-corrected chi connectivity index (χ4v) is 3.29. The molecule has 0 radical (unpaired) electrons. The summed E-state index contributed by atoms with van der Waals surface area (Å²) in [6, 6.07) is 6.02. The molecule has 136 valence electrons. The molecule has 0 saturated heterocycles. The number of anilines is 1. The van der Waals surface area contributed by atoms with E-state index in [1.54, 1.807) is 6.07 Å². The van der Waals surface area contributed by atoms with Crippen molar-refractivity contribution in [2.45, 2.75) is 19.4 Å². The van der Waals surface area contributed by atoms with E-state index in [-0.39, 0.29) is 11.6 Å². The van der Waals surface area contributed by atoms with Crippen LogP contribution in [0, 0.1) is 24.6 Å². The highest BCUT2D eigenvalue weighted by atomic mass is 35.5. The zero-order valence-corrected chi connectivity index (χ0v) is 14.5. The first-order chi connectivity index (χ1) is 12.3. The number of hydrogen-bond donors (Lipinski definition) is 3. The van der Waals surface area contributed by atoms with Crippen molar-refractivity contribution in [1.29, 1.82) is 0 Å². The Bertz CT molecular complexity index is 889. The van der Waals surface area contributed by atoms with E-state index >= 15 is 0 Å². The number of hydrogen-bond acceptors (Lipinski definition) is 4. The summed E-state index contributed by atoms with van der Waals surface area (Å²) in [4.78, 5) is 25.8. The van der Waals surface area contributed by atoms with Gasteiger partial charge in [-0.3, -0.25) is 4.79 Å². The number of nitrogens with zero attached hydrogens (tertiary/aromatic N) is 1. The van der Waals surface area contributed by atoms with Gasteiger partial charge in [0.2, 0.25) is 0 Å². The Morgan fingerprint density at radius 2 is 2.12 bits per heavy atom. The van der Waals surface area contributed by atoms with Crippen LogP contribution in [0.2, 0.25) is 5.02 Å². The maximum atomic E-state index is 13.9.